The van der Waals surface area contributed by atoms with Crippen molar-refractivity contribution < 1.29 is 0 Å². The van der Waals surface area contributed by atoms with Crippen molar-refractivity contribution in [3.8, 4) is 0 Å². The Morgan fingerprint density at radius 2 is 2.00 bits per heavy atom. The topological polar surface area (TPSA) is 24.0 Å². The molecule has 0 aliphatic heterocycles. The average Bonchev–Trinajstić information content (AvgIpc) is 2.78. The molecule has 1 aromatic carbocycles. The van der Waals surface area contributed by atoms with Gasteiger partial charge >= 0.3 is 0 Å². The van der Waals surface area contributed by atoms with Gasteiger partial charge in [-0.2, -0.15) is 0 Å². The minimum absolute atomic E-state index is 0.435. The van der Waals surface area contributed by atoms with Gasteiger partial charge in [0, 0.05) is 6.04 Å². The molecule has 0 spiro atoms. The summed E-state index contributed by atoms with van der Waals surface area (Å²) in [6, 6.07) is 6.94. The number of H-pyrrole nitrogens is 1. The van der Waals surface area contributed by atoms with Crippen molar-refractivity contribution >= 4 is 23.3 Å². The van der Waals surface area contributed by atoms with Gasteiger partial charge in [0.2, 0.25) is 0 Å². The van der Waals surface area contributed by atoms with Crippen molar-refractivity contribution in [1.82, 2.24) is 14.5 Å². The van der Waals surface area contributed by atoms with Crippen LogP contribution in [0.15, 0.2) is 18.2 Å². The van der Waals surface area contributed by atoms with Crippen molar-refractivity contribution in [2.75, 3.05) is 19.6 Å². The monoisotopic (exact) mass is 305 g/mol. The summed E-state index contributed by atoms with van der Waals surface area (Å²) in [6.07, 6.45) is 2.37. The van der Waals surface area contributed by atoms with Gasteiger partial charge in [-0.05, 0) is 76.2 Å². The van der Waals surface area contributed by atoms with Crippen molar-refractivity contribution in [3.63, 3.8) is 0 Å². The fourth-order valence-electron chi connectivity index (χ4n) is 2.96. The summed E-state index contributed by atoms with van der Waals surface area (Å²) in [4.78, 5) is 5.81. The van der Waals surface area contributed by atoms with Gasteiger partial charge in [-0.15, -0.1) is 0 Å². The van der Waals surface area contributed by atoms with Crippen LogP contribution >= 0.6 is 12.2 Å². The molecule has 21 heavy (non-hydrogen) atoms. The van der Waals surface area contributed by atoms with Gasteiger partial charge in [-0.25, -0.2) is 0 Å². The summed E-state index contributed by atoms with van der Waals surface area (Å²) in [5.74, 6) is 0. The van der Waals surface area contributed by atoms with Crippen LogP contribution in [0.5, 0.6) is 0 Å². The lowest BCUT2D eigenvalue weighted by Gasteiger charge is -2.20. The summed E-state index contributed by atoms with van der Waals surface area (Å²) in [5, 5.41) is 0. The molecule has 0 fully saturated rings. The van der Waals surface area contributed by atoms with Crippen LogP contribution in [0.1, 0.15) is 45.2 Å². The van der Waals surface area contributed by atoms with E-state index in [1.54, 1.807) is 0 Å². The summed E-state index contributed by atoms with van der Waals surface area (Å²) in [7, 11) is 0. The second-order valence-corrected chi connectivity index (χ2v) is 6.23. The molecule has 116 valence electrons. The van der Waals surface area contributed by atoms with Crippen molar-refractivity contribution in [2.24, 2.45) is 0 Å². The highest BCUT2D eigenvalue weighted by atomic mass is 32.1. The number of imidazole rings is 1. The van der Waals surface area contributed by atoms with Crippen molar-refractivity contribution in [3.05, 3.63) is 28.5 Å². The van der Waals surface area contributed by atoms with Gasteiger partial charge < -0.3 is 14.5 Å². The Labute approximate surface area is 133 Å². The molecule has 0 amide bonds. The molecule has 1 heterocycles. The van der Waals surface area contributed by atoms with Gasteiger partial charge in [-0.3, -0.25) is 0 Å². The number of benzene rings is 1. The number of hydrogen-bond acceptors (Lipinski definition) is 2. The third-order valence-corrected chi connectivity index (χ3v) is 4.60. The van der Waals surface area contributed by atoms with Gasteiger partial charge in [-0.1, -0.05) is 19.9 Å². The number of fused-ring (bicyclic) bond motifs is 1. The second kappa shape index (κ2) is 7.23. The highest BCUT2D eigenvalue weighted by Crippen LogP contribution is 2.23. The Bertz CT molecular complexity index is 637. The summed E-state index contributed by atoms with van der Waals surface area (Å²) in [5.41, 5.74) is 3.64. The smallest absolute Gasteiger partial charge is 0.178 e. The Kier molecular flexibility index (Phi) is 5.59. The van der Waals surface area contributed by atoms with E-state index in [1.165, 1.54) is 24.0 Å². The van der Waals surface area contributed by atoms with Crippen LogP contribution in [-0.2, 0) is 0 Å². The number of nitrogens with one attached hydrogen (secondary N) is 1. The Hall–Kier alpha value is -1.13. The highest BCUT2D eigenvalue weighted by Gasteiger charge is 2.11. The first kappa shape index (κ1) is 16.2. The molecule has 0 aliphatic carbocycles. The van der Waals surface area contributed by atoms with Crippen molar-refractivity contribution in [1.29, 1.82) is 0 Å². The third kappa shape index (κ3) is 3.74. The first-order valence-electron chi connectivity index (χ1n) is 8.00. The Morgan fingerprint density at radius 1 is 1.29 bits per heavy atom. The van der Waals surface area contributed by atoms with Gasteiger partial charge in [0.1, 0.15) is 0 Å². The molecule has 0 radical (unpaired) electrons. The largest absolute Gasteiger partial charge is 0.331 e. The molecule has 1 unspecified atom stereocenters. The van der Waals surface area contributed by atoms with Crippen LogP contribution in [0, 0.1) is 11.7 Å². The van der Waals surface area contributed by atoms with E-state index in [9.17, 15) is 0 Å². The van der Waals surface area contributed by atoms with E-state index in [1.807, 2.05) is 0 Å². The molecule has 0 bridgehead atoms. The Morgan fingerprint density at radius 3 is 2.67 bits per heavy atom. The number of aryl methyl sites for hydroxylation is 1. The van der Waals surface area contributed by atoms with Gasteiger partial charge in [0.15, 0.2) is 4.77 Å². The fourth-order valence-corrected chi connectivity index (χ4v) is 3.35. The molecule has 2 aromatic rings. The van der Waals surface area contributed by atoms with Crippen LogP contribution in [0.4, 0.5) is 0 Å². The normalized spacial score (nSPS) is 13.2. The van der Waals surface area contributed by atoms with E-state index in [4.69, 9.17) is 12.2 Å². The second-order valence-electron chi connectivity index (χ2n) is 5.84. The average molecular weight is 305 g/mol. The van der Waals surface area contributed by atoms with E-state index in [0.717, 1.165) is 29.8 Å². The van der Waals surface area contributed by atoms with Gasteiger partial charge in [0.25, 0.3) is 0 Å². The number of aromatic amines is 1. The van der Waals surface area contributed by atoms with Gasteiger partial charge in [0.05, 0.1) is 11.0 Å². The highest BCUT2D eigenvalue weighted by molar-refractivity contribution is 7.71. The van der Waals surface area contributed by atoms with Crippen LogP contribution in [0.25, 0.3) is 11.0 Å². The molecule has 1 aromatic heterocycles. The lowest BCUT2D eigenvalue weighted by Crippen LogP contribution is -2.24. The van der Waals surface area contributed by atoms with Crippen LogP contribution in [-0.4, -0.2) is 34.1 Å². The predicted octanol–water partition coefficient (Wildman–Crippen LogP) is 4.69. The lowest BCUT2D eigenvalue weighted by molar-refractivity contribution is 0.288. The maximum Gasteiger partial charge on any atom is 0.178 e. The minimum atomic E-state index is 0.435. The number of rotatable bonds is 7. The van der Waals surface area contributed by atoms with Crippen LogP contribution < -0.4 is 0 Å². The molecule has 1 atom stereocenters. The fraction of sp³-hybridized carbons (Fsp3) is 0.588. The molecule has 3 nitrogen and oxygen atoms in total. The zero-order valence-electron chi connectivity index (χ0n) is 13.6. The molecule has 0 aliphatic rings. The first-order valence-corrected chi connectivity index (χ1v) is 8.40. The van der Waals surface area contributed by atoms with E-state index in [2.05, 4.69) is 60.3 Å². The maximum atomic E-state index is 5.52. The molecular formula is C17H27N3S. The summed E-state index contributed by atoms with van der Waals surface area (Å²) in [6.45, 7) is 12.3. The number of nitrogens with zero attached hydrogens (tertiary/aromatic N) is 2. The standard InChI is InChI=1S/C17H27N3S/c1-5-19(6-2)11-7-8-14(4)20-16-10-9-13(3)12-15(16)18-17(20)21/h9-10,12,14H,5-8,11H2,1-4H3,(H,18,21). The first-order chi connectivity index (χ1) is 10.1. The quantitative estimate of drug-likeness (QED) is 0.750. The van der Waals surface area contributed by atoms with E-state index in [0.29, 0.717) is 6.04 Å². The van der Waals surface area contributed by atoms with Crippen molar-refractivity contribution in [2.45, 2.75) is 46.6 Å². The third-order valence-electron chi connectivity index (χ3n) is 4.30. The predicted molar refractivity (Wildman–Crippen MR) is 93.6 cm³/mol. The number of hydrogen-bond donors (Lipinski definition) is 1. The van der Waals surface area contributed by atoms with Crippen LogP contribution in [0.3, 0.4) is 0 Å². The molecule has 0 saturated carbocycles. The summed E-state index contributed by atoms with van der Waals surface area (Å²) < 4.78 is 3.11. The Balaban J connectivity index is 2.11. The molecule has 2 rings (SSSR count). The molecular weight excluding hydrogens is 278 g/mol. The maximum absolute atomic E-state index is 5.52. The molecule has 4 heteroatoms. The SMILES string of the molecule is CCN(CC)CCCC(C)n1c(=S)[nH]c2cc(C)ccc21. The number of aromatic nitrogens is 2. The minimum Gasteiger partial charge on any atom is -0.331 e. The van der Waals surface area contributed by atoms with E-state index in [-0.39, 0.29) is 0 Å². The summed E-state index contributed by atoms with van der Waals surface area (Å²) >= 11 is 5.52. The van der Waals surface area contributed by atoms with E-state index < -0.39 is 0 Å². The zero-order chi connectivity index (χ0) is 15.4. The zero-order valence-corrected chi connectivity index (χ0v) is 14.5. The molecule has 1 N–H and O–H groups in total. The lowest BCUT2D eigenvalue weighted by atomic mass is 10.1. The van der Waals surface area contributed by atoms with Crippen LogP contribution in [0.2, 0.25) is 0 Å². The molecule has 0 saturated heterocycles. The van der Waals surface area contributed by atoms with E-state index >= 15 is 0 Å².